The molecule has 0 atom stereocenters. The lowest BCUT2D eigenvalue weighted by atomic mass is 10.0. The van der Waals surface area contributed by atoms with Gasteiger partial charge >= 0.3 is 5.97 Å². The Bertz CT molecular complexity index is 269. The molecule has 0 aromatic carbocycles. The molecule has 0 unspecified atom stereocenters. The van der Waals surface area contributed by atoms with E-state index in [9.17, 15) is 4.79 Å². The topological polar surface area (TPSA) is 26.3 Å². The summed E-state index contributed by atoms with van der Waals surface area (Å²) in [6.07, 6.45) is 25.0. The van der Waals surface area contributed by atoms with Crippen molar-refractivity contribution in [2.45, 2.75) is 129 Å². The van der Waals surface area contributed by atoms with Crippen LogP contribution in [0.5, 0.6) is 0 Å². The molecule has 3 heteroatoms. The second-order valence-electron chi connectivity index (χ2n) is 7.39. The van der Waals surface area contributed by atoms with Crippen LogP contribution in [0, 0.1) is 0 Å². The number of rotatable bonds is 20. The predicted octanol–water partition coefficient (Wildman–Crippen LogP) is 8.16. The van der Waals surface area contributed by atoms with E-state index in [-0.39, 0.29) is 12.0 Å². The number of alkyl halides is 1. The minimum Gasteiger partial charge on any atom is -0.449 e. The molecule has 0 saturated heterocycles. The maximum atomic E-state index is 11.1. The molecule has 0 aromatic rings. The Kier molecular flexibility index (Phi) is 21.6. The van der Waals surface area contributed by atoms with Gasteiger partial charge in [0.15, 0.2) is 6.07 Å². The molecule has 0 heterocycles. The monoisotopic (exact) mass is 374 g/mol. The largest absolute Gasteiger partial charge is 0.449 e. The Morgan fingerprint density at radius 3 is 1.24 bits per heavy atom. The lowest BCUT2D eigenvalue weighted by Crippen LogP contribution is -2.01. The summed E-state index contributed by atoms with van der Waals surface area (Å²) in [7, 11) is 0. The Labute approximate surface area is 162 Å². The number of ether oxygens (including phenoxy) is 1. The van der Waals surface area contributed by atoms with E-state index in [0.29, 0.717) is 6.42 Å². The van der Waals surface area contributed by atoms with Crippen LogP contribution in [0.25, 0.3) is 0 Å². The highest BCUT2D eigenvalue weighted by atomic mass is 35.5. The first-order valence-corrected chi connectivity index (χ1v) is 11.6. The van der Waals surface area contributed by atoms with E-state index < -0.39 is 0 Å². The van der Waals surface area contributed by atoms with Crippen LogP contribution in [0.3, 0.4) is 0 Å². The minimum atomic E-state index is -0.161. The van der Waals surface area contributed by atoms with E-state index in [1.807, 2.05) is 0 Å². The Hall–Kier alpha value is -0.240. The third kappa shape index (κ3) is 21.7. The van der Waals surface area contributed by atoms with Gasteiger partial charge in [0.1, 0.15) is 0 Å². The Balaban J connectivity index is 3.02. The van der Waals surface area contributed by atoms with Crippen molar-refractivity contribution in [3.8, 4) is 0 Å². The zero-order valence-corrected chi connectivity index (χ0v) is 17.6. The van der Waals surface area contributed by atoms with Crippen LogP contribution in [-0.4, -0.2) is 12.0 Å². The first kappa shape index (κ1) is 24.8. The third-order valence-electron chi connectivity index (χ3n) is 4.95. The normalized spacial score (nSPS) is 11.0. The summed E-state index contributed by atoms with van der Waals surface area (Å²) in [5.74, 6) is -0.161. The first-order valence-electron chi connectivity index (χ1n) is 11.0. The molecule has 0 saturated carbocycles. The van der Waals surface area contributed by atoms with Gasteiger partial charge in [-0.05, 0) is 6.42 Å². The highest BCUT2D eigenvalue weighted by molar-refractivity contribution is 6.17. The summed E-state index contributed by atoms with van der Waals surface area (Å²) in [6, 6.07) is -0.0160. The van der Waals surface area contributed by atoms with Crippen LogP contribution in [-0.2, 0) is 9.53 Å². The van der Waals surface area contributed by atoms with Gasteiger partial charge in [-0.3, -0.25) is 4.79 Å². The SMILES string of the molecule is CCCCCCCCCCCCCCCCCCCCC(=O)OCCl. The number of esters is 1. The van der Waals surface area contributed by atoms with Gasteiger partial charge in [0.05, 0.1) is 0 Å². The highest BCUT2D eigenvalue weighted by Gasteiger charge is 2.01. The van der Waals surface area contributed by atoms with Gasteiger partial charge in [-0.25, -0.2) is 0 Å². The van der Waals surface area contributed by atoms with Crippen LogP contribution in [0.4, 0.5) is 0 Å². The second-order valence-corrected chi connectivity index (χ2v) is 7.60. The Morgan fingerprint density at radius 1 is 0.600 bits per heavy atom. The van der Waals surface area contributed by atoms with E-state index in [0.717, 1.165) is 12.8 Å². The van der Waals surface area contributed by atoms with Gasteiger partial charge in [-0.15, -0.1) is 0 Å². The quantitative estimate of drug-likeness (QED) is 0.122. The number of unbranched alkanes of at least 4 members (excludes halogenated alkanes) is 17. The summed E-state index contributed by atoms with van der Waals surface area (Å²) in [6.45, 7) is 2.28. The molecule has 0 amide bonds. The van der Waals surface area contributed by atoms with E-state index in [2.05, 4.69) is 6.92 Å². The predicted molar refractivity (Wildman–Crippen MR) is 110 cm³/mol. The standard InChI is InChI=1S/C22H43ClO2/c1-2-3-4-5-6-7-8-9-10-11-12-13-14-15-16-17-18-19-20-22(24)25-21-23/h2-21H2,1H3. The van der Waals surface area contributed by atoms with E-state index in [1.165, 1.54) is 103 Å². The molecule has 0 radical (unpaired) electrons. The van der Waals surface area contributed by atoms with Crippen LogP contribution in [0.15, 0.2) is 0 Å². The zero-order chi connectivity index (χ0) is 18.4. The van der Waals surface area contributed by atoms with Crippen molar-refractivity contribution in [1.29, 1.82) is 0 Å². The average Bonchev–Trinajstić information content (AvgIpc) is 2.61. The van der Waals surface area contributed by atoms with E-state index in [4.69, 9.17) is 16.3 Å². The van der Waals surface area contributed by atoms with Crippen molar-refractivity contribution < 1.29 is 9.53 Å². The van der Waals surface area contributed by atoms with Gasteiger partial charge in [0.2, 0.25) is 0 Å². The van der Waals surface area contributed by atoms with E-state index >= 15 is 0 Å². The summed E-state index contributed by atoms with van der Waals surface area (Å²) < 4.78 is 4.70. The molecular weight excluding hydrogens is 332 g/mol. The number of hydrogen-bond donors (Lipinski definition) is 0. The second kappa shape index (κ2) is 21.8. The molecule has 150 valence electrons. The molecule has 0 N–H and O–H groups in total. The van der Waals surface area contributed by atoms with Crippen LogP contribution < -0.4 is 0 Å². The van der Waals surface area contributed by atoms with Gasteiger partial charge in [-0.1, -0.05) is 128 Å². The molecule has 0 aliphatic carbocycles. The third-order valence-corrected chi connectivity index (χ3v) is 5.06. The van der Waals surface area contributed by atoms with E-state index in [1.54, 1.807) is 0 Å². The molecule has 0 aliphatic rings. The lowest BCUT2D eigenvalue weighted by molar-refractivity contribution is -0.141. The van der Waals surface area contributed by atoms with Crippen molar-refractivity contribution in [3.63, 3.8) is 0 Å². The van der Waals surface area contributed by atoms with Gasteiger partial charge in [0, 0.05) is 6.42 Å². The van der Waals surface area contributed by atoms with Gasteiger partial charge in [-0.2, -0.15) is 0 Å². The summed E-state index contributed by atoms with van der Waals surface area (Å²) >= 11 is 5.34. The van der Waals surface area contributed by atoms with Crippen LogP contribution >= 0.6 is 11.6 Å². The summed E-state index contributed by atoms with van der Waals surface area (Å²) in [4.78, 5) is 11.1. The van der Waals surface area contributed by atoms with Crippen molar-refractivity contribution >= 4 is 17.6 Å². The maximum absolute atomic E-state index is 11.1. The fraction of sp³-hybridized carbons (Fsp3) is 0.955. The molecule has 25 heavy (non-hydrogen) atoms. The van der Waals surface area contributed by atoms with Crippen LogP contribution in [0.2, 0.25) is 0 Å². The number of hydrogen-bond acceptors (Lipinski definition) is 2. The number of halogens is 1. The van der Waals surface area contributed by atoms with Crippen molar-refractivity contribution in [1.82, 2.24) is 0 Å². The molecule has 2 nitrogen and oxygen atoms in total. The molecule has 0 rings (SSSR count). The molecular formula is C22H43ClO2. The highest BCUT2D eigenvalue weighted by Crippen LogP contribution is 2.14. The fourth-order valence-corrected chi connectivity index (χ4v) is 3.43. The summed E-state index contributed by atoms with van der Waals surface area (Å²) in [5, 5.41) is 0. The van der Waals surface area contributed by atoms with Crippen molar-refractivity contribution in [2.24, 2.45) is 0 Å². The maximum Gasteiger partial charge on any atom is 0.306 e. The van der Waals surface area contributed by atoms with Crippen molar-refractivity contribution in [3.05, 3.63) is 0 Å². The van der Waals surface area contributed by atoms with Crippen molar-refractivity contribution in [2.75, 3.05) is 6.07 Å². The molecule has 0 fully saturated rings. The summed E-state index contributed by atoms with van der Waals surface area (Å²) in [5.41, 5.74) is 0. The molecule has 0 aliphatic heterocycles. The molecule has 0 spiro atoms. The average molecular weight is 375 g/mol. The first-order chi connectivity index (χ1) is 12.3. The lowest BCUT2D eigenvalue weighted by Gasteiger charge is -2.04. The number of carbonyl (C=O) groups excluding carboxylic acids is 1. The fourth-order valence-electron chi connectivity index (χ4n) is 3.30. The van der Waals surface area contributed by atoms with Gasteiger partial charge < -0.3 is 4.74 Å². The molecule has 0 aromatic heterocycles. The van der Waals surface area contributed by atoms with Crippen LogP contribution in [0.1, 0.15) is 129 Å². The minimum absolute atomic E-state index is 0.0160. The smallest absolute Gasteiger partial charge is 0.306 e. The molecule has 0 bridgehead atoms. The zero-order valence-electron chi connectivity index (χ0n) is 16.8. The Morgan fingerprint density at radius 2 is 0.920 bits per heavy atom. The number of carbonyl (C=O) groups is 1. The van der Waals surface area contributed by atoms with Gasteiger partial charge in [0.25, 0.3) is 0 Å².